The van der Waals surface area contributed by atoms with Crippen LogP contribution in [0.25, 0.3) is 0 Å². The van der Waals surface area contributed by atoms with Gasteiger partial charge in [0, 0.05) is 12.1 Å². The van der Waals surface area contributed by atoms with Gasteiger partial charge in [-0.1, -0.05) is 26.7 Å². The van der Waals surface area contributed by atoms with E-state index in [1.54, 1.807) is 0 Å². The van der Waals surface area contributed by atoms with Crippen LogP contribution in [0.15, 0.2) is 18.2 Å². The zero-order valence-corrected chi connectivity index (χ0v) is 11.3. The summed E-state index contributed by atoms with van der Waals surface area (Å²) in [6.45, 7) is 4.35. The summed E-state index contributed by atoms with van der Waals surface area (Å²) in [5.41, 5.74) is 0.253. The number of nitro groups is 1. The highest BCUT2D eigenvalue weighted by Crippen LogP contribution is 2.37. The molecule has 4 nitrogen and oxygen atoms in total. The minimum absolute atomic E-state index is 0.118. The number of non-ortho nitro benzene ring substituents is 1. The minimum Gasteiger partial charge on any atom is -0.379 e. The molecule has 1 aliphatic rings. The van der Waals surface area contributed by atoms with E-state index in [1.807, 2.05) is 0 Å². The first kappa shape index (κ1) is 13.8. The number of rotatable bonds is 3. The van der Waals surface area contributed by atoms with Crippen LogP contribution in [0.3, 0.4) is 0 Å². The number of benzene rings is 1. The van der Waals surface area contributed by atoms with Gasteiger partial charge in [0.15, 0.2) is 5.82 Å². The number of anilines is 1. The Hall–Kier alpha value is -1.65. The molecule has 1 atom stereocenters. The summed E-state index contributed by atoms with van der Waals surface area (Å²) in [5.74, 6) is -0.560. The van der Waals surface area contributed by atoms with Crippen molar-refractivity contribution in [1.82, 2.24) is 0 Å². The highest BCUT2D eigenvalue weighted by molar-refractivity contribution is 5.51. The molecule has 0 bridgehead atoms. The van der Waals surface area contributed by atoms with Crippen LogP contribution < -0.4 is 5.32 Å². The molecule has 1 fully saturated rings. The van der Waals surface area contributed by atoms with Crippen LogP contribution in [-0.2, 0) is 0 Å². The number of nitrogens with zero attached hydrogens (tertiary/aromatic N) is 1. The Bertz CT molecular complexity index is 488. The maximum absolute atomic E-state index is 13.9. The van der Waals surface area contributed by atoms with E-state index in [2.05, 4.69) is 19.2 Å². The molecule has 0 spiro atoms. The molecule has 0 saturated heterocycles. The van der Waals surface area contributed by atoms with Crippen molar-refractivity contribution in [2.24, 2.45) is 5.41 Å². The van der Waals surface area contributed by atoms with Gasteiger partial charge in [0.2, 0.25) is 0 Å². The van der Waals surface area contributed by atoms with Gasteiger partial charge in [0.1, 0.15) is 0 Å². The van der Waals surface area contributed by atoms with Crippen LogP contribution in [0.4, 0.5) is 15.8 Å². The lowest BCUT2D eigenvalue weighted by Crippen LogP contribution is -2.39. The topological polar surface area (TPSA) is 55.2 Å². The molecule has 19 heavy (non-hydrogen) atoms. The van der Waals surface area contributed by atoms with Gasteiger partial charge >= 0.3 is 0 Å². The second kappa shape index (κ2) is 5.15. The lowest BCUT2D eigenvalue weighted by atomic mass is 9.73. The van der Waals surface area contributed by atoms with Crippen LogP contribution in [0.1, 0.15) is 39.5 Å². The summed E-state index contributed by atoms with van der Waals surface area (Å²) in [5, 5.41) is 13.8. The monoisotopic (exact) mass is 266 g/mol. The summed E-state index contributed by atoms with van der Waals surface area (Å²) in [6.07, 6.45) is 4.45. The third-order valence-electron chi connectivity index (χ3n) is 4.00. The van der Waals surface area contributed by atoms with Gasteiger partial charge in [0.05, 0.1) is 16.7 Å². The standard InChI is InChI=1S/C14H19FN2O2/c1-14(2)8-4-3-5-13(14)16-12-7-6-10(17(18)19)9-11(12)15/h6-7,9,13,16H,3-5,8H2,1-2H3. The van der Waals surface area contributed by atoms with E-state index in [1.165, 1.54) is 18.6 Å². The third-order valence-corrected chi connectivity index (χ3v) is 4.00. The van der Waals surface area contributed by atoms with Crippen LogP contribution in [0.5, 0.6) is 0 Å². The Labute approximate surface area is 112 Å². The number of nitro benzene ring substituents is 1. The van der Waals surface area contributed by atoms with Gasteiger partial charge in [-0.15, -0.1) is 0 Å². The number of nitrogens with one attached hydrogen (secondary N) is 1. The molecule has 104 valence electrons. The largest absolute Gasteiger partial charge is 0.379 e. The molecule has 1 unspecified atom stereocenters. The van der Waals surface area contributed by atoms with Gasteiger partial charge in [-0.2, -0.15) is 0 Å². The molecule has 5 heteroatoms. The maximum atomic E-state index is 13.9. The fraction of sp³-hybridized carbons (Fsp3) is 0.571. The number of hydrogen-bond donors (Lipinski definition) is 1. The minimum atomic E-state index is -0.586. The van der Waals surface area contributed by atoms with Crippen molar-refractivity contribution in [2.75, 3.05) is 5.32 Å². The van der Waals surface area contributed by atoms with Gasteiger partial charge in [-0.3, -0.25) is 10.1 Å². The average Bonchev–Trinajstić information content (AvgIpc) is 2.33. The molecule has 1 N–H and O–H groups in total. The van der Waals surface area contributed by atoms with Gasteiger partial charge < -0.3 is 5.32 Å². The first-order valence-electron chi connectivity index (χ1n) is 6.60. The smallest absolute Gasteiger partial charge is 0.272 e. The molecule has 1 saturated carbocycles. The highest BCUT2D eigenvalue weighted by atomic mass is 19.1. The predicted molar refractivity (Wildman–Crippen MR) is 72.7 cm³/mol. The quantitative estimate of drug-likeness (QED) is 0.661. The molecule has 0 aromatic heterocycles. The van der Waals surface area contributed by atoms with Crippen molar-refractivity contribution in [3.63, 3.8) is 0 Å². The van der Waals surface area contributed by atoms with Gasteiger partial charge in [-0.05, 0) is 24.3 Å². The molecular weight excluding hydrogens is 247 g/mol. The van der Waals surface area contributed by atoms with Crippen molar-refractivity contribution in [1.29, 1.82) is 0 Å². The highest BCUT2D eigenvalue weighted by Gasteiger charge is 2.32. The molecule has 1 aliphatic carbocycles. The Morgan fingerprint density at radius 3 is 2.74 bits per heavy atom. The van der Waals surface area contributed by atoms with E-state index in [4.69, 9.17) is 0 Å². The van der Waals surface area contributed by atoms with Gasteiger partial charge in [0.25, 0.3) is 5.69 Å². The summed E-state index contributed by atoms with van der Waals surface area (Å²) < 4.78 is 13.9. The number of halogens is 1. The van der Waals surface area contributed by atoms with Crippen LogP contribution >= 0.6 is 0 Å². The van der Waals surface area contributed by atoms with E-state index in [0.29, 0.717) is 5.69 Å². The van der Waals surface area contributed by atoms with E-state index in [-0.39, 0.29) is 17.1 Å². The fourth-order valence-electron chi connectivity index (χ4n) is 2.68. The third kappa shape index (κ3) is 3.03. The number of hydrogen-bond acceptors (Lipinski definition) is 3. The van der Waals surface area contributed by atoms with E-state index in [9.17, 15) is 14.5 Å². The normalized spacial score (nSPS) is 21.9. The van der Waals surface area contributed by atoms with E-state index in [0.717, 1.165) is 25.3 Å². The average molecular weight is 266 g/mol. The summed E-state index contributed by atoms with van der Waals surface area (Å²) in [4.78, 5) is 9.99. The molecule has 1 aromatic rings. The fourth-order valence-corrected chi connectivity index (χ4v) is 2.68. The molecule has 1 aromatic carbocycles. The molecule has 0 aliphatic heterocycles. The van der Waals surface area contributed by atoms with Crippen LogP contribution in [0.2, 0.25) is 0 Å². The first-order chi connectivity index (χ1) is 8.90. The molecule has 0 radical (unpaired) electrons. The zero-order valence-electron chi connectivity index (χ0n) is 11.3. The Morgan fingerprint density at radius 1 is 1.42 bits per heavy atom. The van der Waals surface area contributed by atoms with Gasteiger partial charge in [-0.25, -0.2) is 4.39 Å². The molecule has 0 amide bonds. The SMILES string of the molecule is CC1(C)CCCCC1Nc1ccc([N+](=O)[O-])cc1F. The second-order valence-electron chi connectivity index (χ2n) is 5.85. The zero-order chi connectivity index (χ0) is 14.0. The Morgan fingerprint density at radius 2 is 2.16 bits per heavy atom. The summed E-state index contributed by atoms with van der Waals surface area (Å²) >= 11 is 0. The van der Waals surface area contributed by atoms with Crippen molar-refractivity contribution in [3.05, 3.63) is 34.1 Å². The predicted octanol–water partition coefficient (Wildman–Crippen LogP) is 4.11. The molecule has 2 rings (SSSR count). The molecular formula is C14H19FN2O2. The van der Waals surface area contributed by atoms with Crippen LogP contribution in [0, 0.1) is 21.3 Å². The lowest BCUT2D eigenvalue weighted by Gasteiger charge is -2.39. The van der Waals surface area contributed by atoms with Crippen molar-refractivity contribution >= 4 is 11.4 Å². The van der Waals surface area contributed by atoms with Crippen LogP contribution in [-0.4, -0.2) is 11.0 Å². The maximum Gasteiger partial charge on any atom is 0.272 e. The Kier molecular flexibility index (Phi) is 3.73. The summed E-state index contributed by atoms with van der Waals surface area (Å²) in [6, 6.07) is 3.97. The second-order valence-corrected chi connectivity index (χ2v) is 5.85. The Balaban J connectivity index is 2.17. The molecule has 0 heterocycles. The summed E-state index contributed by atoms with van der Waals surface area (Å²) in [7, 11) is 0. The van der Waals surface area contributed by atoms with Crippen molar-refractivity contribution in [2.45, 2.75) is 45.6 Å². The van der Waals surface area contributed by atoms with E-state index >= 15 is 0 Å². The van der Waals surface area contributed by atoms with Crippen molar-refractivity contribution < 1.29 is 9.31 Å². The first-order valence-corrected chi connectivity index (χ1v) is 6.60. The van der Waals surface area contributed by atoms with E-state index < -0.39 is 10.7 Å². The van der Waals surface area contributed by atoms with Crippen molar-refractivity contribution in [3.8, 4) is 0 Å². The lowest BCUT2D eigenvalue weighted by molar-refractivity contribution is -0.385.